The van der Waals surface area contributed by atoms with Crippen LogP contribution in [0.15, 0.2) is 65.7 Å². The summed E-state index contributed by atoms with van der Waals surface area (Å²) in [5.41, 5.74) is 2.37. The third kappa shape index (κ3) is 5.92. The van der Waals surface area contributed by atoms with E-state index in [2.05, 4.69) is 13.7 Å². The first kappa shape index (κ1) is 25.6. The lowest BCUT2D eigenvalue weighted by Crippen LogP contribution is -2.31. The third-order valence-electron chi connectivity index (χ3n) is 6.61. The summed E-state index contributed by atoms with van der Waals surface area (Å²) >= 11 is 0.999. The molecule has 10 heteroatoms. The average molecular weight is 539 g/mol. The van der Waals surface area contributed by atoms with E-state index in [-0.39, 0.29) is 24.1 Å². The van der Waals surface area contributed by atoms with Crippen molar-refractivity contribution in [3.8, 4) is 11.5 Å². The van der Waals surface area contributed by atoms with Crippen LogP contribution in [0.2, 0.25) is 0 Å². The lowest BCUT2D eigenvalue weighted by atomic mass is 10.1. The minimum atomic E-state index is -3.92. The molecule has 0 unspecified atom stereocenters. The van der Waals surface area contributed by atoms with Crippen molar-refractivity contribution in [1.29, 1.82) is 0 Å². The van der Waals surface area contributed by atoms with Gasteiger partial charge >= 0.3 is 0 Å². The van der Waals surface area contributed by atoms with Crippen molar-refractivity contribution >= 4 is 32.8 Å². The molecule has 2 aromatic carbocycles. The Labute approximate surface area is 221 Å². The maximum Gasteiger partial charge on any atom is 0.246 e. The molecular formula is C27H30N4O4S2. The highest BCUT2D eigenvalue weighted by Crippen LogP contribution is 2.33. The van der Waals surface area contributed by atoms with Crippen molar-refractivity contribution in [1.82, 2.24) is 18.0 Å². The maximum atomic E-state index is 13.9. The van der Waals surface area contributed by atoms with Crippen molar-refractivity contribution in [2.75, 3.05) is 7.11 Å². The molecule has 1 aliphatic rings. The van der Waals surface area contributed by atoms with Crippen molar-refractivity contribution < 1.29 is 17.9 Å². The van der Waals surface area contributed by atoms with Gasteiger partial charge in [-0.15, -0.1) is 0 Å². The SMILES string of the molecule is COc1cc(CN(Cc2ccccn2)S(=O)(=O)c2cccc3nsnc23)ccc1OC1CCCCCC1. The summed E-state index contributed by atoms with van der Waals surface area (Å²) in [6.45, 7) is 0.243. The van der Waals surface area contributed by atoms with Gasteiger partial charge in [0.25, 0.3) is 0 Å². The predicted molar refractivity (Wildman–Crippen MR) is 143 cm³/mol. The first-order chi connectivity index (χ1) is 18.0. The summed E-state index contributed by atoms with van der Waals surface area (Å²) in [4.78, 5) is 4.50. The molecule has 0 radical (unpaired) electrons. The Kier molecular flexibility index (Phi) is 7.97. The van der Waals surface area contributed by atoms with Crippen LogP contribution in [-0.2, 0) is 23.1 Å². The fourth-order valence-electron chi connectivity index (χ4n) is 4.68. The molecule has 2 aromatic heterocycles. The highest BCUT2D eigenvalue weighted by Gasteiger charge is 2.29. The molecule has 1 saturated carbocycles. The van der Waals surface area contributed by atoms with Crippen LogP contribution < -0.4 is 9.47 Å². The molecule has 4 aromatic rings. The van der Waals surface area contributed by atoms with E-state index in [0.717, 1.165) is 30.1 Å². The van der Waals surface area contributed by atoms with Gasteiger partial charge in [-0.1, -0.05) is 31.0 Å². The van der Waals surface area contributed by atoms with E-state index in [1.165, 1.54) is 30.0 Å². The molecule has 0 N–H and O–H groups in total. The molecule has 0 saturated heterocycles. The molecule has 194 valence electrons. The van der Waals surface area contributed by atoms with Crippen LogP contribution in [0, 0.1) is 0 Å². The van der Waals surface area contributed by atoms with Gasteiger partial charge in [0, 0.05) is 12.7 Å². The monoisotopic (exact) mass is 538 g/mol. The van der Waals surface area contributed by atoms with E-state index >= 15 is 0 Å². The van der Waals surface area contributed by atoms with Crippen LogP contribution in [0.3, 0.4) is 0 Å². The maximum absolute atomic E-state index is 13.9. The summed E-state index contributed by atoms with van der Waals surface area (Å²) < 4.78 is 49.7. The molecule has 0 bridgehead atoms. The second-order valence-corrected chi connectivity index (χ2v) is 11.6. The van der Waals surface area contributed by atoms with Crippen molar-refractivity contribution in [3.05, 3.63) is 72.1 Å². The van der Waals surface area contributed by atoms with Gasteiger partial charge in [0.2, 0.25) is 10.0 Å². The number of benzene rings is 2. The lowest BCUT2D eigenvalue weighted by molar-refractivity contribution is 0.176. The van der Waals surface area contributed by atoms with Crippen LogP contribution in [0.4, 0.5) is 0 Å². The van der Waals surface area contributed by atoms with Crippen LogP contribution in [0.25, 0.3) is 11.0 Å². The number of rotatable bonds is 9. The van der Waals surface area contributed by atoms with E-state index < -0.39 is 10.0 Å². The van der Waals surface area contributed by atoms with E-state index in [1.54, 1.807) is 31.5 Å². The Balaban J connectivity index is 1.45. The number of sulfonamides is 1. The molecule has 2 heterocycles. The molecule has 0 spiro atoms. The Hall–Kier alpha value is -3.08. The number of ether oxygens (including phenoxy) is 2. The minimum Gasteiger partial charge on any atom is -0.493 e. The van der Waals surface area contributed by atoms with E-state index in [1.807, 2.05) is 36.4 Å². The quantitative estimate of drug-likeness (QED) is 0.257. The predicted octanol–water partition coefficient (Wildman–Crippen LogP) is 5.59. The molecule has 0 aliphatic heterocycles. The second kappa shape index (κ2) is 11.5. The van der Waals surface area contributed by atoms with Gasteiger partial charge < -0.3 is 9.47 Å². The highest BCUT2D eigenvalue weighted by molar-refractivity contribution is 7.89. The zero-order valence-electron chi connectivity index (χ0n) is 20.7. The second-order valence-electron chi connectivity index (χ2n) is 9.20. The van der Waals surface area contributed by atoms with E-state index in [0.29, 0.717) is 28.2 Å². The summed E-state index contributed by atoms with van der Waals surface area (Å²) in [5.74, 6) is 1.29. The van der Waals surface area contributed by atoms with Gasteiger partial charge in [0.15, 0.2) is 11.5 Å². The topological polar surface area (TPSA) is 94.5 Å². The van der Waals surface area contributed by atoms with Crippen LogP contribution in [0.5, 0.6) is 11.5 Å². The molecule has 0 atom stereocenters. The molecule has 5 rings (SSSR count). The van der Waals surface area contributed by atoms with E-state index in [4.69, 9.17) is 9.47 Å². The Morgan fingerprint density at radius 2 is 1.78 bits per heavy atom. The van der Waals surface area contributed by atoms with Gasteiger partial charge in [-0.05, 0) is 67.6 Å². The first-order valence-electron chi connectivity index (χ1n) is 12.5. The standard InChI is InChI=1S/C27H30N4O4S2/c1-34-25-17-20(14-15-24(25)35-22-10-4-2-3-5-11-22)18-31(19-21-9-6-7-16-28-21)37(32,33)26-13-8-12-23-27(26)30-36-29-23/h6-9,12-17,22H,2-5,10-11,18-19H2,1H3. The Bertz CT molecular complexity index is 1440. The lowest BCUT2D eigenvalue weighted by Gasteiger charge is -2.23. The molecule has 37 heavy (non-hydrogen) atoms. The summed E-state index contributed by atoms with van der Waals surface area (Å²) in [6, 6.07) is 16.2. The van der Waals surface area contributed by atoms with Gasteiger partial charge in [-0.2, -0.15) is 13.1 Å². The fourth-order valence-corrected chi connectivity index (χ4v) is 6.83. The van der Waals surface area contributed by atoms with Gasteiger partial charge in [0.05, 0.1) is 37.2 Å². The zero-order valence-corrected chi connectivity index (χ0v) is 22.4. The zero-order chi connectivity index (χ0) is 25.7. The fraction of sp³-hybridized carbons (Fsp3) is 0.370. The van der Waals surface area contributed by atoms with Crippen LogP contribution in [-0.4, -0.2) is 39.7 Å². The van der Waals surface area contributed by atoms with Crippen LogP contribution in [0.1, 0.15) is 49.8 Å². The number of methoxy groups -OCH3 is 1. The third-order valence-corrected chi connectivity index (χ3v) is 8.98. The van der Waals surface area contributed by atoms with Crippen LogP contribution >= 0.6 is 11.7 Å². The molecule has 8 nitrogen and oxygen atoms in total. The highest BCUT2D eigenvalue weighted by atomic mass is 32.2. The number of nitrogens with zero attached hydrogens (tertiary/aromatic N) is 4. The van der Waals surface area contributed by atoms with Crippen molar-refractivity contribution in [2.24, 2.45) is 0 Å². The minimum absolute atomic E-state index is 0.111. The number of fused-ring (bicyclic) bond motifs is 1. The van der Waals surface area contributed by atoms with Crippen molar-refractivity contribution in [3.63, 3.8) is 0 Å². The van der Waals surface area contributed by atoms with Gasteiger partial charge in [-0.25, -0.2) is 8.42 Å². The molecule has 1 aliphatic carbocycles. The van der Waals surface area contributed by atoms with Gasteiger partial charge in [-0.3, -0.25) is 4.98 Å². The van der Waals surface area contributed by atoms with E-state index in [9.17, 15) is 8.42 Å². The van der Waals surface area contributed by atoms with Gasteiger partial charge in [0.1, 0.15) is 15.9 Å². The summed E-state index contributed by atoms with van der Waals surface area (Å²) in [5, 5.41) is 0. The first-order valence-corrected chi connectivity index (χ1v) is 14.7. The molecule has 1 fully saturated rings. The summed E-state index contributed by atoms with van der Waals surface area (Å²) in [6.07, 6.45) is 8.77. The largest absolute Gasteiger partial charge is 0.493 e. The molecular weight excluding hydrogens is 508 g/mol. The normalized spacial score (nSPS) is 15.1. The summed E-state index contributed by atoms with van der Waals surface area (Å²) in [7, 11) is -2.32. The Morgan fingerprint density at radius 1 is 0.946 bits per heavy atom. The Morgan fingerprint density at radius 3 is 2.54 bits per heavy atom. The smallest absolute Gasteiger partial charge is 0.246 e. The number of hydrogen-bond donors (Lipinski definition) is 0. The number of pyridine rings is 1. The number of hydrogen-bond acceptors (Lipinski definition) is 8. The molecule has 0 amide bonds. The number of aromatic nitrogens is 3. The average Bonchev–Trinajstić information content (AvgIpc) is 3.26. The van der Waals surface area contributed by atoms with Crippen molar-refractivity contribution in [2.45, 2.75) is 62.6 Å².